The number of carbonyl (C=O) groups is 1. The average Bonchev–Trinajstić information content (AvgIpc) is 2.93. The minimum absolute atomic E-state index is 0.100. The predicted molar refractivity (Wildman–Crippen MR) is 78.3 cm³/mol. The van der Waals surface area contributed by atoms with Crippen molar-refractivity contribution in [3.05, 3.63) is 47.6 Å². The van der Waals surface area contributed by atoms with Crippen LogP contribution in [0.5, 0.6) is 0 Å². The highest BCUT2D eigenvalue weighted by Gasteiger charge is 2.11. The van der Waals surface area contributed by atoms with Gasteiger partial charge in [-0.3, -0.25) is 4.79 Å². The number of hydrogen-bond donors (Lipinski definition) is 0. The van der Waals surface area contributed by atoms with Gasteiger partial charge in [-0.05, 0) is 11.4 Å². The predicted octanol–water partition coefficient (Wildman–Crippen LogP) is 3.42. The van der Waals surface area contributed by atoms with Gasteiger partial charge in [-0.1, -0.05) is 30.3 Å². The molecule has 1 aromatic carbocycles. The number of nitrogens with zero attached hydrogens (tertiary/aromatic N) is 2. The number of hydrogen-bond acceptors (Lipinski definition) is 5. The highest BCUT2D eigenvalue weighted by Crippen LogP contribution is 2.29. The molecule has 3 rings (SSSR count). The van der Waals surface area contributed by atoms with Gasteiger partial charge in [0, 0.05) is 17.9 Å². The third-order valence-corrected chi connectivity index (χ3v) is 3.63. The Kier molecular flexibility index (Phi) is 3.43. The minimum atomic E-state index is -0.332. The quantitative estimate of drug-likeness (QED) is 0.691. The number of benzene rings is 1. The van der Waals surface area contributed by atoms with Crippen molar-refractivity contribution in [2.24, 2.45) is 0 Å². The molecule has 0 saturated heterocycles. The zero-order chi connectivity index (χ0) is 13.9. The van der Waals surface area contributed by atoms with Crippen LogP contribution in [-0.4, -0.2) is 15.9 Å². The van der Waals surface area contributed by atoms with Gasteiger partial charge in [-0.25, -0.2) is 9.97 Å². The van der Waals surface area contributed by atoms with E-state index in [4.69, 9.17) is 4.74 Å². The van der Waals surface area contributed by atoms with Crippen LogP contribution in [0, 0.1) is 0 Å². The van der Waals surface area contributed by atoms with E-state index in [9.17, 15) is 4.79 Å². The van der Waals surface area contributed by atoms with Gasteiger partial charge in [-0.15, -0.1) is 11.3 Å². The van der Waals surface area contributed by atoms with E-state index in [1.807, 2.05) is 41.8 Å². The summed E-state index contributed by atoms with van der Waals surface area (Å²) in [5, 5.41) is 3.01. The van der Waals surface area contributed by atoms with Crippen molar-refractivity contribution < 1.29 is 9.53 Å². The summed E-state index contributed by atoms with van der Waals surface area (Å²) >= 11 is 1.55. The molecule has 0 radical (unpaired) electrons. The third kappa shape index (κ3) is 2.53. The molecule has 4 nitrogen and oxygen atoms in total. The molecule has 0 fully saturated rings. The Morgan fingerprint density at radius 3 is 2.75 bits per heavy atom. The number of aromatic nitrogens is 2. The molecule has 0 aliphatic heterocycles. The number of carbonyl (C=O) groups excluding carboxylic acids is 1. The van der Waals surface area contributed by atoms with E-state index in [1.165, 1.54) is 6.92 Å². The van der Waals surface area contributed by atoms with Crippen LogP contribution < -0.4 is 0 Å². The van der Waals surface area contributed by atoms with Crippen molar-refractivity contribution in [3.63, 3.8) is 0 Å². The summed E-state index contributed by atoms with van der Waals surface area (Å²) in [4.78, 5) is 20.8. The van der Waals surface area contributed by atoms with Gasteiger partial charge in [0.2, 0.25) is 0 Å². The SMILES string of the molecule is CC(=O)OCc1nc(-c2ccccc2)c2ccsc2n1. The molecule has 0 amide bonds. The third-order valence-electron chi connectivity index (χ3n) is 2.82. The van der Waals surface area contributed by atoms with Crippen LogP contribution in [0.15, 0.2) is 41.8 Å². The van der Waals surface area contributed by atoms with E-state index >= 15 is 0 Å². The highest BCUT2D eigenvalue weighted by atomic mass is 32.1. The van der Waals surface area contributed by atoms with Crippen LogP contribution in [0.2, 0.25) is 0 Å². The van der Waals surface area contributed by atoms with E-state index in [0.29, 0.717) is 5.82 Å². The van der Waals surface area contributed by atoms with Crippen molar-refractivity contribution in [2.45, 2.75) is 13.5 Å². The Balaban J connectivity index is 2.09. The molecule has 20 heavy (non-hydrogen) atoms. The standard InChI is InChI=1S/C15H12N2O2S/c1-10(18)19-9-13-16-14(11-5-3-2-4-6-11)12-7-8-20-15(12)17-13/h2-8H,9H2,1H3. The molecule has 0 bridgehead atoms. The van der Waals surface area contributed by atoms with Crippen LogP contribution in [-0.2, 0) is 16.1 Å². The largest absolute Gasteiger partial charge is 0.458 e. The van der Waals surface area contributed by atoms with Crippen molar-refractivity contribution >= 4 is 27.5 Å². The molecule has 0 unspecified atom stereocenters. The average molecular weight is 284 g/mol. The van der Waals surface area contributed by atoms with Crippen molar-refractivity contribution in [3.8, 4) is 11.3 Å². The molecule has 5 heteroatoms. The molecule has 0 saturated carbocycles. The van der Waals surface area contributed by atoms with Gasteiger partial charge in [0.1, 0.15) is 4.83 Å². The Bertz CT molecular complexity index is 753. The lowest BCUT2D eigenvalue weighted by Gasteiger charge is -2.06. The van der Waals surface area contributed by atoms with Crippen molar-refractivity contribution in [1.29, 1.82) is 0 Å². The first-order valence-corrected chi connectivity index (χ1v) is 7.05. The lowest BCUT2D eigenvalue weighted by molar-refractivity contribution is -0.142. The Morgan fingerprint density at radius 1 is 1.20 bits per heavy atom. The van der Waals surface area contributed by atoms with Gasteiger partial charge >= 0.3 is 5.97 Å². The van der Waals surface area contributed by atoms with Crippen molar-refractivity contribution in [2.75, 3.05) is 0 Å². The van der Waals surface area contributed by atoms with Crippen molar-refractivity contribution in [1.82, 2.24) is 9.97 Å². The summed E-state index contributed by atoms with van der Waals surface area (Å²) in [6.45, 7) is 1.48. The maximum Gasteiger partial charge on any atom is 0.303 e. The van der Waals surface area contributed by atoms with E-state index in [-0.39, 0.29) is 12.6 Å². The van der Waals surface area contributed by atoms with Crippen LogP contribution in [0.1, 0.15) is 12.7 Å². The first-order valence-electron chi connectivity index (χ1n) is 6.17. The molecular formula is C15H12N2O2S. The maximum atomic E-state index is 10.9. The van der Waals surface area contributed by atoms with Gasteiger partial charge in [0.15, 0.2) is 12.4 Å². The molecule has 0 spiro atoms. The Labute approximate surface area is 120 Å². The van der Waals surface area contributed by atoms with E-state index in [0.717, 1.165) is 21.5 Å². The topological polar surface area (TPSA) is 52.1 Å². The zero-order valence-corrected chi connectivity index (χ0v) is 11.7. The second-order valence-corrected chi connectivity index (χ2v) is 5.17. The van der Waals surface area contributed by atoms with Crippen LogP contribution in [0.3, 0.4) is 0 Å². The first kappa shape index (κ1) is 12.7. The Morgan fingerprint density at radius 2 is 2.00 bits per heavy atom. The number of esters is 1. The molecule has 0 aliphatic rings. The van der Waals surface area contributed by atoms with Gasteiger partial charge < -0.3 is 4.74 Å². The molecule has 0 N–H and O–H groups in total. The summed E-state index contributed by atoms with van der Waals surface area (Å²) in [6, 6.07) is 11.9. The Hall–Kier alpha value is -2.27. The second kappa shape index (κ2) is 5.38. The van der Waals surface area contributed by atoms with Crippen LogP contribution >= 0.6 is 11.3 Å². The fraction of sp³-hybridized carbons (Fsp3) is 0.133. The fourth-order valence-electron chi connectivity index (χ4n) is 1.95. The zero-order valence-electron chi connectivity index (χ0n) is 10.9. The molecule has 2 aromatic heterocycles. The summed E-state index contributed by atoms with van der Waals surface area (Å²) in [5.41, 5.74) is 1.90. The molecule has 3 aromatic rings. The molecule has 2 heterocycles. The molecular weight excluding hydrogens is 272 g/mol. The summed E-state index contributed by atoms with van der Waals surface area (Å²) in [6.07, 6.45) is 0. The van der Waals surface area contributed by atoms with E-state index < -0.39 is 0 Å². The maximum absolute atomic E-state index is 10.9. The summed E-state index contributed by atoms with van der Waals surface area (Å²) < 4.78 is 4.98. The lowest BCUT2D eigenvalue weighted by atomic mass is 10.1. The normalized spacial score (nSPS) is 10.7. The lowest BCUT2D eigenvalue weighted by Crippen LogP contribution is -2.04. The van der Waals surface area contributed by atoms with Crippen LogP contribution in [0.25, 0.3) is 21.5 Å². The number of thiophene rings is 1. The summed E-state index contributed by atoms with van der Waals surface area (Å²) in [5.74, 6) is 0.190. The van der Waals surface area contributed by atoms with Gasteiger partial charge in [-0.2, -0.15) is 0 Å². The van der Waals surface area contributed by atoms with E-state index in [1.54, 1.807) is 11.3 Å². The van der Waals surface area contributed by atoms with E-state index in [2.05, 4.69) is 9.97 Å². The first-order chi connectivity index (χ1) is 9.74. The van der Waals surface area contributed by atoms with Gasteiger partial charge in [0.05, 0.1) is 5.69 Å². The second-order valence-electron chi connectivity index (χ2n) is 4.27. The van der Waals surface area contributed by atoms with Crippen LogP contribution in [0.4, 0.5) is 0 Å². The number of fused-ring (bicyclic) bond motifs is 1. The molecule has 0 atom stereocenters. The fourth-order valence-corrected chi connectivity index (χ4v) is 2.73. The highest BCUT2D eigenvalue weighted by molar-refractivity contribution is 7.16. The molecule has 100 valence electrons. The minimum Gasteiger partial charge on any atom is -0.458 e. The number of ether oxygens (including phenoxy) is 1. The monoisotopic (exact) mass is 284 g/mol. The molecule has 0 aliphatic carbocycles. The van der Waals surface area contributed by atoms with Gasteiger partial charge in [0.25, 0.3) is 0 Å². The summed E-state index contributed by atoms with van der Waals surface area (Å²) in [7, 11) is 0. The smallest absolute Gasteiger partial charge is 0.303 e. The number of rotatable bonds is 3.